The standard InChI is InChI=1S/C31H20N2O/c1-2-8-21(9-3-1)24-15-17-30-26(19-24)27(20-34-30)31-32-28-12-6-7-13-29(28)33(31)25-16-14-22-10-4-5-11-23(22)18-25/h1-20H. The molecule has 0 aliphatic heterocycles. The van der Waals surface area contributed by atoms with Gasteiger partial charge in [0.25, 0.3) is 0 Å². The molecule has 3 heteroatoms. The zero-order valence-corrected chi connectivity index (χ0v) is 18.3. The van der Waals surface area contributed by atoms with Crippen LogP contribution in [-0.4, -0.2) is 9.55 Å². The smallest absolute Gasteiger partial charge is 0.149 e. The number of hydrogen-bond donors (Lipinski definition) is 0. The highest BCUT2D eigenvalue weighted by Gasteiger charge is 2.19. The summed E-state index contributed by atoms with van der Waals surface area (Å²) in [6.45, 7) is 0. The third kappa shape index (κ3) is 2.95. The van der Waals surface area contributed by atoms with Crippen molar-refractivity contribution in [3.63, 3.8) is 0 Å². The normalized spacial score (nSPS) is 11.5. The Bertz CT molecular complexity index is 1810. The molecule has 0 radical (unpaired) electrons. The summed E-state index contributed by atoms with van der Waals surface area (Å²) in [6.07, 6.45) is 1.83. The predicted octanol–water partition coefficient (Wildman–Crippen LogP) is 8.26. The Morgan fingerprint density at radius 1 is 0.618 bits per heavy atom. The van der Waals surface area contributed by atoms with E-state index in [-0.39, 0.29) is 0 Å². The van der Waals surface area contributed by atoms with Crippen LogP contribution in [0.4, 0.5) is 0 Å². The molecule has 7 rings (SSSR count). The van der Waals surface area contributed by atoms with E-state index in [2.05, 4.69) is 102 Å². The zero-order valence-electron chi connectivity index (χ0n) is 18.3. The Hall–Kier alpha value is -4.63. The molecule has 0 aliphatic carbocycles. The van der Waals surface area contributed by atoms with Crippen molar-refractivity contribution in [3.8, 4) is 28.2 Å². The van der Waals surface area contributed by atoms with Gasteiger partial charge >= 0.3 is 0 Å². The number of fused-ring (bicyclic) bond motifs is 3. The van der Waals surface area contributed by atoms with Gasteiger partial charge in [0.1, 0.15) is 17.7 Å². The van der Waals surface area contributed by atoms with Gasteiger partial charge in [-0.1, -0.05) is 78.9 Å². The quantitative estimate of drug-likeness (QED) is 0.279. The lowest BCUT2D eigenvalue weighted by atomic mass is 10.0. The van der Waals surface area contributed by atoms with Crippen LogP contribution in [-0.2, 0) is 0 Å². The fourth-order valence-corrected chi connectivity index (χ4v) is 4.80. The Labute approximate surface area is 196 Å². The molecule has 0 atom stereocenters. The first kappa shape index (κ1) is 18.9. The van der Waals surface area contributed by atoms with E-state index in [1.807, 2.05) is 24.5 Å². The maximum Gasteiger partial charge on any atom is 0.149 e. The SMILES string of the molecule is c1ccc(-c2ccc3occ(-c4nc5ccccc5n4-c4ccc5ccccc5c4)c3c2)cc1. The number of para-hydroxylation sites is 2. The van der Waals surface area contributed by atoms with Crippen LogP contribution in [0.25, 0.3) is 61.0 Å². The van der Waals surface area contributed by atoms with Crippen LogP contribution in [0.2, 0.25) is 0 Å². The number of furan rings is 1. The van der Waals surface area contributed by atoms with Gasteiger partial charge in [0.15, 0.2) is 0 Å². The Kier molecular flexibility index (Phi) is 4.15. The predicted molar refractivity (Wildman–Crippen MR) is 139 cm³/mol. The van der Waals surface area contributed by atoms with E-state index in [1.54, 1.807) is 0 Å². The lowest BCUT2D eigenvalue weighted by molar-refractivity contribution is 0.616. The molecule has 160 valence electrons. The molecule has 7 aromatic rings. The van der Waals surface area contributed by atoms with E-state index in [1.165, 1.54) is 16.3 Å². The first-order chi connectivity index (χ1) is 16.8. The molecule has 0 amide bonds. The van der Waals surface area contributed by atoms with E-state index in [0.717, 1.165) is 44.6 Å². The highest BCUT2D eigenvalue weighted by Crippen LogP contribution is 2.36. The lowest BCUT2D eigenvalue weighted by Gasteiger charge is -2.10. The van der Waals surface area contributed by atoms with E-state index in [0.29, 0.717) is 0 Å². The van der Waals surface area contributed by atoms with Crippen LogP contribution >= 0.6 is 0 Å². The minimum Gasteiger partial charge on any atom is -0.464 e. The fraction of sp³-hybridized carbons (Fsp3) is 0. The molecule has 2 heterocycles. The van der Waals surface area contributed by atoms with Crippen molar-refractivity contribution < 1.29 is 4.42 Å². The molecular formula is C31H20N2O. The Balaban J connectivity index is 1.50. The van der Waals surface area contributed by atoms with Gasteiger partial charge in [-0.25, -0.2) is 4.98 Å². The summed E-state index contributed by atoms with van der Waals surface area (Å²) in [6, 6.07) is 40.1. The maximum absolute atomic E-state index is 6.00. The summed E-state index contributed by atoms with van der Waals surface area (Å²) >= 11 is 0. The molecule has 0 fully saturated rings. The Morgan fingerprint density at radius 2 is 1.41 bits per heavy atom. The second kappa shape index (κ2) is 7.46. The molecule has 0 spiro atoms. The number of aromatic nitrogens is 2. The van der Waals surface area contributed by atoms with Crippen molar-refractivity contribution in [2.24, 2.45) is 0 Å². The average molecular weight is 437 g/mol. The van der Waals surface area contributed by atoms with E-state index < -0.39 is 0 Å². The van der Waals surface area contributed by atoms with Crippen LogP contribution in [0, 0.1) is 0 Å². The second-order valence-corrected chi connectivity index (χ2v) is 8.52. The number of benzene rings is 5. The summed E-state index contributed by atoms with van der Waals surface area (Å²) < 4.78 is 8.24. The third-order valence-electron chi connectivity index (χ3n) is 6.47. The Morgan fingerprint density at radius 3 is 2.32 bits per heavy atom. The molecule has 34 heavy (non-hydrogen) atoms. The van der Waals surface area contributed by atoms with Gasteiger partial charge < -0.3 is 4.42 Å². The van der Waals surface area contributed by atoms with Crippen LogP contribution in [0.3, 0.4) is 0 Å². The summed E-state index contributed by atoms with van der Waals surface area (Å²) in [4.78, 5) is 5.07. The third-order valence-corrected chi connectivity index (χ3v) is 6.47. The number of nitrogens with zero attached hydrogens (tertiary/aromatic N) is 2. The number of imidazole rings is 1. The van der Waals surface area contributed by atoms with Gasteiger partial charge in [-0.2, -0.15) is 0 Å². The first-order valence-corrected chi connectivity index (χ1v) is 11.4. The molecule has 0 saturated heterocycles. The average Bonchev–Trinajstić information content (AvgIpc) is 3.50. The molecule has 3 nitrogen and oxygen atoms in total. The highest BCUT2D eigenvalue weighted by molar-refractivity contribution is 5.98. The number of hydrogen-bond acceptors (Lipinski definition) is 2. The van der Waals surface area contributed by atoms with E-state index >= 15 is 0 Å². The van der Waals surface area contributed by atoms with Gasteiger partial charge in [-0.15, -0.1) is 0 Å². The molecule has 0 saturated carbocycles. The van der Waals surface area contributed by atoms with Crippen LogP contribution in [0.15, 0.2) is 126 Å². The molecule has 0 aliphatic rings. The minimum absolute atomic E-state index is 0.854. The van der Waals surface area contributed by atoms with Gasteiger partial charge in [0.2, 0.25) is 0 Å². The topological polar surface area (TPSA) is 31.0 Å². The van der Waals surface area contributed by atoms with Crippen molar-refractivity contribution in [2.45, 2.75) is 0 Å². The van der Waals surface area contributed by atoms with Crippen molar-refractivity contribution in [1.29, 1.82) is 0 Å². The van der Waals surface area contributed by atoms with Gasteiger partial charge in [-0.3, -0.25) is 4.57 Å². The molecule has 2 aromatic heterocycles. The van der Waals surface area contributed by atoms with E-state index in [9.17, 15) is 0 Å². The summed E-state index contributed by atoms with van der Waals surface area (Å²) in [5, 5.41) is 3.48. The van der Waals surface area contributed by atoms with Crippen LogP contribution in [0.5, 0.6) is 0 Å². The molecule has 0 unspecified atom stereocenters. The monoisotopic (exact) mass is 436 g/mol. The fourth-order valence-electron chi connectivity index (χ4n) is 4.80. The summed E-state index contributed by atoms with van der Waals surface area (Å²) in [5.41, 5.74) is 7.28. The van der Waals surface area contributed by atoms with E-state index in [4.69, 9.17) is 9.40 Å². The van der Waals surface area contributed by atoms with Gasteiger partial charge in [-0.05, 0) is 58.3 Å². The number of rotatable bonds is 3. The van der Waals surface area contributed by atoms with Crippen molar-refractivity contribution in [3.05, 3.63) is 122 Å². The molecule has 0 N–H and O–H groups in total. The summed E-state index contributed by atoms with van der Waals surface area (Å²) in [7, 11) is 0. The largest absolute Gasteiger partial charge is 0.464 e. The van der Waals surface area contributed by atoms with Crippen molar-refractivity contribution in [2.75, 3.05) is 0 Å². The molecule has 5 aromatic carbocycles. The summed E-state index contributed by atoms with van der Waals surface area (Å²) in [5.74, 6) is 0.875. The van der Waals surface area contributed by atoms with Gasteiger partial charge in [0, 0.05) is 11.1 Å². The maximum atomic E-state index is 6.00. The highest BCUT2D eigenvalue weighted by atomic mass is 16.3. The van der Waals surface area contributed by atoms with Gasteiger partial charge in [0.05, 0.1) is 16.6 Å². The van der Waals surface area contributed by atoms with Crippen molar-refractivity contribution >= 4 is 32.8 Å². The first-order valence-electron chi connectivity index (χ1n) is 11.4. The minimum atomic E-state index is 0.854. The van der Waals surface area contributed by atoms with Crippen molar-refractivity contribution in [1.82, 2.24) is 9.55 Å². The van der Waals surface area contributed by atoms with Crippen LogP contribution < -0.4 is 0 Å². The lowest BCUT2D eigenvalue weighted by Crippen LogP contribution is -1.97. The molecule has 0 bridgehead atoms. The molecular weight excluding hydrogens is 416 g/mol. The zero-order chi connectivity index (χ0) is 22.5. The van der Waals surface area contributed by atoms with Crippen LogP contribution in [0.1, 0.15) is 0 Å². The second-order valence-electron chi connectivity index (χ2n) is 8.52.